The van der Waals surface area contributed by atoms with E-state index >= 15 is 0 Å². The average Bonchev–Trinajstić information content (AvgIpc) is 3.09. The Hall–Kier alpha value is -3.74. The number of carbonyl (C=O) groups is 2. The molecule has 1 aliphatic rings. The van der Waals surface area contributed by atoms with Crippen LogP contribution in [-0.2, 0) is 6.54 Å². The third-order valence-electron chi connectivity index (χ3n) is 4.99. The lowest BCUT2D eigenvalue weighted by molar-refractivity contribution is 0.0949. The van der Waals surface area contributed by atoms with Gasteiger partial charge in [-0.2, -0.15) is 0 Å². The van der Waals surface area contributed by atoms with E-state index in [1.165, 1.54) is 21.3 Å². The fraction of sp³-hybridized carbons (Fsp3) is 0.182. The zero-order chi connectivity index (χ0) is 20.5. The fourth-order valence-corrected chi connectivity index (χ4v) is 3.59. The van der Waals surface area contributed by atoms with Crippen molar-refractivity contribution < 1.29 is 23.8 Å². The van der Waals surface area contributed by atoms with E-state index < -0.39 is 0 Å². The van der Waals surface area contributed by atoms with Gasteiger partial charge >= 0.3 is 0 Å². The van der Waals surface area contributed by atoms with Gasteiger partial charge in [-0.25, -0.2) is 0 Å². The number of methoxy groups -OCH3 is 3. The van der Waals surface area contributed by atoms with Crippen molar-refractivity contribution in [2.75, 3.05) is 26.6 Å². The van der Waals surface area contributed by atoms with Gasteiger partial charge < -0.3 is 24.8 Å². The van der Waals surface area contributed by atoms with Gasteiger partial charge in [0.1, 0.15) is 0 Å². The number of anilines is 1. The maximum Gasteiger partial charge on any atom is 0.256 e. The summed E-state index contributed by atoms with van der Waals surface area (Å²) in [4.78, 5) is 24.8. The van der Waals surface area contributed by atoms with Crippen LogP contribution < -0.4 is 24.8 Å². The molecule has 0 atom stereocenters. The number of benzene rings is 3. The molecule has 2 N–H and O–H groups in total. The van der Waals surface area contributed by atoms with Gasteiger partial charge in [0.25, 0.3) is 11.8 Å². The molecule has 1 heterocycles. The number of amides is 2. The van der Waals surface area contributed by atoms with Crippen LogP contribution in [0.25, 0.3) is 10.8 Å². The van der Waals surface area contributed by atoms with E-state index in [1.54, 1.807) is 18.2 Å². The average molecular weight is 392 g/mol. The van der Waals surface area contributed by atoms with Gasteiger partial charge in [0.05, 0.1) is 21.3 Å². The van der Waals surface area contributed by atoms with Gasteiger partial charge in [-0.05, 0) is 35.2 Å². The minimum atomic E-state index is -0.276. The molecular formula is C22H20N2O5. The van der Waals surface area contributed by atoms with Crippen molar-refractivity contribution in [3.8, 4) is 17.2 Å². The minimum absolute atomic E-state index is 0.107. The third kappa shape index (κ3) is 3.10. The zero-order valence-corrected chi connectivity index (χ0v) is 16.3. The summed E-state index contributed by atoms with van der Waals surface area (Å²) in [7, 11) is 4.51. The normalized spacial score (nSPS) is 11.9. The molecule has 3 aromatic carbocycles. The molecule has 7 heteroatoms. The number of ether oxygens (including phenoxy) is 3. The molecule has 2 amide bonds. The molecule has 0 aliphatic carbocycles. The summed E-state index contributed by atoms with van der Waals surface area (Å²) in [6, 6.07) is 12.6. The predicted octanol–water partition coefficient (Wildman–Crippen LogP) is 3.36. The molecule has 0 spiro atoms. The first kappa shape index (κ1) is 18.6. The van der Waals surface area contributed by atoms with Crippen molar-refractivity contribution in [3.63, 3.8) is 0 Å². The van der Waals surface area contributed by atoms with Crippen molar-refractivity contribution in [3.05, 3.63) is 59.2 Å². The minimum Gasteiger partial charge on any atom is -0.493 e. The first-order chi connectivity index (χ1) is 14.1. The topological polar surface area (TPSA) is 85.9 Å². The lowest BCUT2D eigenvalue weighted by atomic mass is 10.0. The van der Waals surface area contributed by atoms with Crippen molar-refractivity contribution in [1.82, 2.24) is 5.32 Å². The van der Waals surface area contributed by atoms with Crippen LogP contribution in [0.15, 0.2) is 42.5 Å². The van der Waals surface area contributed by atoms with Crippen LogP contribution in [0, 0.1) is 0 Å². The van der Waals surface area contributed by atoms with Crippen LogP contribution in [-0.4, -0.2) is 33.1 Å². The highest BCUT2D eigenvalue weighted by Crippen LogP contribution is 2.38. The highest BCUT2D eigenvalue weighted by Gasteiger charge is 2.22. The van der Waals surface area contributed by atoms with Crippen LogP contribution in [0.4, 0.5) is 5.69 Å². The second-order valence-electron chi connectivity index (χ2n) is 6.55. The number of hydrogen-bond acceptors (Lipinski definition) is 5. The molecule has 0 aromatic heterocycles. The Morgan fingerprint density at radius 2 is 1.72 bits per heavy atom. The van der Waals surface area contributed by atoms with E-state index in [2.05, 4.69) is 10.6 Å². The second kappa shape index (κ2) is 7.35. The number of rotatable bonds is 6. The molecule has 3 aromatic rings. The van der Waals surface area contributed by atoms with Crippen LogP contribution in [0.3, 0.4) is 0 Å². The Labute approximate surface area is 167 Å². The first-order valence-electron chi connectivity index (χ1n) is 9.01. The van der Waals surface area contributed by atoms with Gasteiger partial charge in [-0.15, -0.1) is 0 Å². The summed E-state index contributed by atoms with van der Waals surface area (Å²) < 4.78 is 15.9. The smallest absolute Gasteiger partial charge is 0.256 e. The molecule has 148 valence electrons. The molecule has 29 heavy (non-hydrogen) atoms. The highest BCUT2D eigenvalue weighted by atomic mass is 16.5. The van der Waals surface area contributed by atoms with Gasteiger partial charge in [-0.3, -0.25) is 9.59 Å². The van der Waals surface area contributed by atoms with Crippen molar-refractivity contribution in [2.45, 2.75) is 6.54 Å². The van der Waals surface area contributed by atoms with Crippen LogP contribution in [0.2, 0.25) is 0 Å². The second-order valence-corrected chi connectivity index (χ2v) is 6.55. The van der Waals surface area contributed by atoms with E-state index in [0.29, 0.717) is 34.9 Å². The number of hydrogen-bond donors (Lipinski definition) is 2. The Bertz CT molecular complexity index is 1110. The lowest BCUT2D eigenvalue weighted by Crippen LogP contribution is -2.23. The zero-order valence-electron chi connectivity index (χ0n) is 16.3. The Balaban J connectivity index is 1.62. The van der Waals surface area contributed by atoms with Gasteiger partial charge in [0, 0.05) is 28.7 Å². The van der Waals surface area contributed by atoms with E-state index in [1.807, 2.05) is 24.3 Å². The van der Waals surface area contributed by atoms with Crippen molar-refractivity contribution >= 4 is 28.3 Å². The van der Waals surface area contributed by atoms with Gasteiger partial charge in [0.2, 0.25) is 5.75 Å². The van der Waals surface area contributed by atoms with E-state index in [-0.39, 0.29) is 11.8 Å². The van der Waals surface area contributed by atoms with E-state index in [0.717, 1.165) is 22.0 Å². The fourth-order valence-electron chi connectivity index (χ4n) is 3.59. The Kier molecular flexibility index (Phi) is 4.72. The Morgan fingerprint density at radius 1 is 1.00 bits per heavy atom. The summed E-state index contributed by atoms with van der Waals surface area (Å²) in [6.07, 6.45) is 0. The molecular weight excluding hydrogens is 372 g/mol. The largest absolute Gasteiger partial charge is 0.493 e. The summed E-state index contributed by atoms with van der Waals surface area (Å²) in [6.45, 7) is 0.309. The monoisotopic (exact) mass is 392 g/mol. The molecule has 1 aliphatic heterocycles. The third-order valence-corrected chi connectivity index (χ3v) is 4.99. The molecule has 0 saturated carbocycles. The van der Waals surface area contributed by atoms with Crippen molar-refractivity contribution in [2.24, 2.45) is 0 Å². The van der Waals surface area contributed by atoms with E-state index in [4.69, 9.17) is 14.2 Å². The lowest BCUT2D eigenvalue weighted by Gasteiger charge is -2.14. The molecule has 7 nitrogen and oxygen atoms in total. The standard InChI is InChI=1S/C22H20N2O5/c1-27-17-9-13(10-18(28-2)20(17)29-3)21(25)23-11-12-7-8-16-19-14(12)5-4-6-15(19)22(26)24-16/h4-10H,11H2,1-3H3,(H,23,25)(H,24,26). The molecule has 0 unspecified atom stereocenters. The summed E-state index contributed by atoms with van der Waals surface area (Å²) in [5, 5.41) is 7.60. The summed E-state index contributed by atoms with van der Waals surface area (Å²) >= 11 is 0. The highest BCUT2D eigenvalue weighted by molar-refractivity contribution is 6.24. The SMILES string of the molecule is COc1cc(C(=O)NCc2ccc3c4c(cccc24)C(=O)N3)cc(OC)c1OC. The maximum atomic E-state index is 12.8. The Morgan fingerprint density at radius 3 is 2.38 bits per heavy atom. The molecule has 0 fully saturated rings. The first-order valence-corrected chi connectivity index (χ1v) is 9.01. The molecule has 0 bridgehead atoms. The van der Waals surface area contributed by atoms with Crippen molar-refractivity contribution in [1.29, 1.82) is 0 Å². The number of nitrogens with one attached hydrogen (secondary N) is 2. The molecule has 4 rings (SSSR count). The molecule has 0 saturated heterocycles. The van der Waals surface area contributed by atoms with Crippen LogP contribution in [0.5, 0.6) is 17.2 Å². The summed E-state index contributed by atoms with van der Waals surface area (Å²) in [5.41, 5.74) is 2.75. The summed E-state index contributed by atoms with van der Waals surface area (Å²) in [5.74, 6) is 0.862. The predicted molar refractivity (Wildman–Crippen MR) is 109 cm³/mol. The van der Waals surface area contributed by atoms with Crippen LogP contribution >= 0.6 is 0 Å². The maximum absolute atomic E-state index is 12.8. The van der Waals surface area contributed by atoms with E-state index in [9.17, 15) is 9.59 Å². The molecule has 0 radical (unpaired) electrons. The van der Waals surface area contributed by atoms with Gasteiger partial charge in [-0.1, -0.05) is 18.2 Å². The quantitative estimate of drug-likeness (QED) is 0.672. The van der Waals surface area contributed by atoms with Crippen LogP contribution in [0.1, 0.15) is 26.3 Å². The van der Waals surface area contributed by atoms with Gasteiger partial charge in [0.15, 0.2) is 11.5 Å². The number of carbonyl (C=O) groups excluding carboxylic acids is 2.